The lowest BCUT2D eigenvalue weighted by Crippen LogP contribution is -2.35. The normalized spacial score (nSPS) is 21.8. The van der Waals surface area contributed by atoms with Gasteiger partial charge in [-0.25, -0.2) is 4.68 Å². The van der Waals surface area contributed by atoms with E-state index in [1.807, 2.05) is 0 Å². The lowest BCUT2D eigenvalue weighted by molar-refractivity contribution is -0.173. The average molecular weight is 336 g/mol. The zero-order chi connectivity index (χ0) is 15.2. The number of aromatic nitrogens is 2. The summed E-state index contributed by atoms with van der Waals surface area (Å²) in [6.45, 7) is 0. The molecule has 3 rings (SSSR count). The average Bonchev–Trinajstić information content (AvgIpc) is 2.87. The minimum Gasteiger partial charge on any atom is -0.363 e. The van der Waals surface area contributed by atoms with Gasteiger partial charge >= 0.3 is 6.18 Å². The Morgan fingerprint density at radius 2 is 1.95 bits per heavy atom. The van der Waals surface area contributed by atoms with Gasteiger partial charge in [-0.3, -0.25) is 0 Å². The monoisotopic (exact) mass is 335 g/mol. The number of rotatable bonds is 1. The molecule has 0 aliphatic carbocycles. The first-order chi connectivity index (χ1) is 9.86. The molecular weight excluding hydrogens is 326 g/mol. The smallest absolute Gasteiger partial charge is 0.363 e. The van der Waals surface area contributed by atoms with Gasteiger partial charge in [-0.1, -0.05) is 29.3 Å². The molecule has 21 heavy (non-hydrogen) atoms. The molecule has 8 heteroatoms. The van der Waals surface area contributed by atoms with Crippen LogP contribution in [0.15, 0.2) is 30.5 Å². The van der Waals surface area contributed by atoms with Crippen LogP contribution in [0.1, 0.15) is 24.1 Å². The molecule has 0 amide bonds. The molecule has 2 atom stereocenters. The molecule has 1 aliphatic heterocycles. The highest BCUT2D eigenvalue weighted by molar-refractivity contribution is 6.42. The number of alkyl halides is 3. The molecular formula is C13H10Cl2F3N3. The third-order valence-corrected chi connectivity index (χ3v) is 4.21. The van der Waals surface area contributed by atoms with Crippen molar-refractivity contribution >= 4 is 29.0 Å². The highest BCUT2D eigenvalue weighted by atomic mass is 35.5. The molecule has 1 aromatic carbocycles. The van der Waals surface area contributed by atoms with E-state index in [4.69, 9.17) is 23.2 Å². The van der Waals surface area contributed by atoms with Crippen molar-refractivity contribution in [3.05, 3.63) is 46.1 Å². The summed E-state index contributed by atoms with van der Waals surface area (Å²) in [4.78, 5) is 0. The standard InChI is InChI=1S/C13H10Cl2F3N3/c14-8-2-1-7(5-9(8)15)10-6-11(13(16,17)18)21-12(20-10)3-4-19-21/h1-5,10-11,20H,6H2/t10-,11+/m0/s1. The number of hydrogen-bond donors (Lipinski definition) is 1. The summed E-state index contributed by atoms with van der Waals surface area (Å²) in [5.41, 5.74) is 0.658. The fourth-order valence-electron chi connectivity index (χ4n) is 2.46. The van der Waals surface area contributed by atoms with Crippen LogP contribution in [0.25, 0.3) is 0 Å². The van der Waals surface area contributed by atoms with Crippen LogP contribution in [0.2, 0.25) is 10.0 Å². The number of fused-ring (bicyclic) bond motifs is 1. The van der Waals surface area contributed by atoms with E-state index in [1.54, 1.807) is 18.2 Å². The van der Waals surface area contributed by atoms with Crippen molar-refractivity contribution in [2.45, 2.75) is 24.7 Å². The Hall–Kier alpha value is -1.40. The number of benzene rings is 1. The van der Waals surface area contributed by atoms with Crippen molar-refractivity contribution < 1.29 is 13.2 Å². The van der Waals surface area contributed by atoms with E-state index < -0.39 is 18.3 Å². The Labute approximate surface area is 128 Å². The van der Waals surface area contributed by atoms with Gasteiger partial charge in [-0.05, 0) is 17.7 Å². The van der Waals surface area contributed by atoms with Crippen molar-refractivity contribution in [1.29, 1.82) is 0 Å². The Morgan fingerprint density at radius 3 is 2.62 bits per heavy atom. The molecule has 112 valence electrons. The topological polar surface area (TPSA) is 29.9 Å². The number of hydrogen-bond acceptors (Lipinski definition) is 2. The van der Waals surface area contributed by atoms with Crippen LogP contribution in [-0.2, 0) is 0 Å². The number of anilines is 1. The fourth-order valence-corrected chi connectivity index (χ4v) is 2.76. The van der Waals surface area contributed by atoms with Gasteiger partial charge in [-0.2, -0.15) is 18.3 Å². The van der Waals surface area contributed by atoms with Gasteiger partial charge in [0.05, 0.1) is 22.3 Å². The summed E-state index contributed by atoms with van der Waals surface area (Å²) >= 11 is 11.8. The number of halogens is 5. The van der Waals surface area contributed by atoms with Crippen LogP contribution >= 0.6 is 23.2 Å². The van der Waals surface area contributed by atoms with Crippen LogP contribution in [0.5, 0.6) is 0 Å². The van der Waals surface area contributed by atoms with Gasteiger partial charge in [0.15, 0.2) is 6.04 Å². The minimum atomic E-state index is -4.36. The van der Waals surface area contributed by atoms with Crippen molar-refractivity contribution in [2.24, 2.45) is 0 Å². The van der Waals surface area contributed by atoms with E-state index in [2.05, 4.69) is 10.4 Å². The molecule has 0 saturated carbocycles. The highest BCUT2D eigenvalue weighted by Gasteiger charge is 2.46. The van der Waals surface area contributed by atoms with E-state index in [1.165, 1.54) is 12.3 Å². The van der Waals surface area contributed by atoms with Gasteiger partial charge < -0.3 is 5.32 Å². The Morgan fingerprint density at radius 1 is 1.19 bits per heavy atom. The third-order valence-electron chi connectivity index (χ3n) is 3.47. The molecule has 0 saturated heterocycles. The first-order valence-electron chi connectivity index (χ1n) is 6.18. The lowest BCUT2D eigenvalue weighted by Gasteiger charge is -2.33. The highest BCUT2D eigenvalue weighted by Crippen LogP contribution is 2.43. The summed E-state index contributed by atoms with van der Waals surface area (Å²) in [6, 6.07) is 4.18. The summed E-state index contributed by atoms with van der Waals surface area (Å²) < 4.78 is 40.5. The quantitative estimate of drug-likeness (QED) is 0.807. The summed E-state index contributed by atoms with van der Waals surface area (Å²) in [5.74, 6) is 0.333. The van der Waals surface area contributed by atoms with Gasteiger partial charge in [-0.15, -0.1) is 0 Å². The molecule has 0 unspecified atom stereocenters. The maximum Gasteiger partial charge on any atom is 0.410 e. The van der Waals surface area contributed by atoms with Crippen LogP contribution in [0.4, 0.5) is 19.0 Å². The van der Waals surface area contributed by atoms with Crippen LogP contribution in [0.3, 0.4) is 0 Å². The van der Waals surface area contributed by atoms with Gasteiger partial charge in [0.1, 0.15) is 5.82 Å². The molecule has 0 radical (unpaired) electrons. The molecule has 1 aromatic heterocycles. The van der Waals surface area contributed by atoms with Crippen molar-refractivity contribution in [1.82, 2.24) is 9.78 Å². The Balaban J connectivity index is 1.98. The first kappa shape index (κ1) is 14.5. The molecule has 0 fully saturated rings. The Bertz CT molecular complexity index is 669. The predicted octanol–water partition coefficient (Wildman–Crippen LogP) is 4.85. The summed E-state index contributed by atoms with van der Waals surface area (Å²) in [6.07, 6.45) is -3.17. The Kier molecular flexibility index (Phi) is 3.53. The molecule has 1 N–H and O–H groups in total. The van der Waals surface area contributed by atoms with Crippen LogP contribution < -0.4 is 5.32 Å². The second-order valence-electron chi connectivity index (χ2n) is 4.82. The number of nitrogens with one attached hydrogen (secondary N) is 1. The van der Waals surface area contributed by atoms with E-state index >= 15 is 0 Å². The van der Waals surface area contributed by atoms with Gasteiger partial charge in [0.2, 0.25) is 0 Å². The van der Waals surface area contributed by atoms with Crippen molar-refractivity contribution in [3.8, 4) is 0 Å². The largest absolute Gasteiger partial charge is 0.410 e. The molecule has 0 bridgehead atoms. The van der Waals surface area contributed by atoms with E-state index in [0.717, 1.165) is 4.68 Å². The maximum atomic E-state index is 13.2. The number of nitrogens with zero attached hydrogens (tertiary/aromatic N) is 2. The van der Waals surface area contributed by atoms with E-state index in [9.17, 15) is 13.2 Å². The summed E-state index contributed by atoms with van der Waals surface area (Å²) in [5, 5.41) is 7.48. The predicted molar refractivity (Wildman–Crippen MR) is 74.8 cm³/mol. The molecule has 0 spiro atoms. The molecule has 2 aromatic rings. The third kappa shape index (κ3) is 2.70. The molecule has 1 aliphatic rings. The lowest BCUT2D eigenvalue weighted by atomic mass is 9.97. The SMILES string of the molecule is FC(F)(F)[C@H]1C[C@@H](c2ccc(Cl)c(Cl)c2)Nc2ccnn21. The zero-order valence-corrected chi connectivity index (χ0v) is 12.0. The van der Waals surface area contributed by atoms with Crippen molar-refractivity contribution in [2.75, 3.05) is 5.32 Å². The molecule has 2 heterocycles. The second-order valence-corrected chi connectivity index (χ2v) is 5.64. The summed E-state index contributed by atoms with van der Waals surface area (Å²) in [7, 11) is 0. The van der Waals surface area contributed by atoms with E-state index in [-0.39, 0.29) is 6.42 Å². The molecule has 3 nitrogen and oxygen atoms in total. The van der Waals surface area contributed by atoms with Crippen molar-refractivity contribution in [3.63, 3.8) is 0 Å². The van der Waals surface area contributed by atoms with Crippen LogP contribution in [-0.4, -0.2) is 16.0 Å². The first-order valence-corrected chi connectivity index (χ1v) is 6.93. The zero-order valence-electron chi connectivity index (χ0n) is 10.5. The fraction of sp³-hybridized carbons (Fsp3) is 0.308. The van der Waals surface area contributed by atoms with Crippen LogP contribution in [0, 0.1) is 0 Å². The van der Waals surface area contributed by atoms with Gasteiger partial charge in [0.25, 0.3) is 0 Å². The maximum absolute atomic E-state index is 13.2. The minimum absolute atomic E-state index is 0.157. The van der Waals surface area contributed by atoms with Gasteiger partial charge in [0, 0.05) is 12.5 Å². The second kappa shape index (κ2) is 5.10. The van der Waals surface area contributed by atoms with E-state index in [0.29, 0.717) is 21.4 Å².